The number of rotatable bonds is 3. The van der Waals surface area contributed by atoms with Crippen molar-refractivity contribution in [3.63, 3.8) is 0 Å². The molecule has 0 amide bonds. The van der Waals surface area contributed by atoms with Crippen molar-refractivity contribution in [1.82, 2.24) is 0 Å². The molecular weight excluding hydrogens is 188 g/mol. The van der Waals surface area contributed by atoms with Crippen molar-refractivity contribution in [1.29, 1.82) is 0 Å². The summed E-state index contributed by atoms with van der Waals surface area (Å²) in [5, 5.41) is 0. The van der Waals surface area contributed by atoms with Crippen molar-refractivity contribution in [2.24, 2.45) is 5.41 Å². The average Bonchev–Trinajstić information content (AvgIpc) is 2.14. The zero-order chi connectivity index (χ0) is 10.6. The normalized spacial score (nSPS) is 14.2. The van der Waals surface area contributed by atoms with E-state index in [1.54, 1.807) is 0 Å². The van der Waals surface area contributed by atoms with Gasteiger partial charge in [-0.1, -0.05) is 51.1 Å². The van der Waals surface area contributed by atoms with Crippen LogP contribution in [-0.4, -0.2) is 17.1 Å². The molecule has 0 fully saturated rings. The van der Waals surface area contributed by atoms with E-state index < -0.39 is 0 Å². The lowest BCUT2D eigenvalue weighted by atomic mass is 9.77. The molecule has 0 saturated carbocycles. The highest BCUT2D eigenvalue weighted by Gasteiger charge is 2.25. The molecular formula is C12H20OSi. The Labute approximate surface area is 90.0 Å². The summed E-state index contributed by atoms with van der Waals surface area (Å²) in [4.78, 5) is 0. The van der Waals surface area contributed by atoms with E-state index in [1.807, 2.05) is 0 Å². The van der Waals surface area contributed by atoms with E-state index >= 15 is 0 Å². The predicted octanol–water partition coefficient (Wildman–Crippen LogP) is 2.11. The standard InChI is InChI=1S/C12H20OSi/c1-12(2,3)11(9-13-14)10-7-5-4-6-8-10/h4-8,11H,9H2,1-3,14H3. The molecule has 14 heavy (non-hydrogen) atoms. The first-order chi connectivity index (χ1) is 6.55. The topological polar surface area (TPSA) is 9.23 Å². The lowest BCUT2D eigenvalue weighted by Crippen LogP contribution is -2.22. The fraction of sp³-hybridized carbons (Fsp3) is 0.500. The predicted molar refractivity (Wildman–Crippen MR) is 64.5 cm³/mol. The van der Waals surface area contributed by atoms with Crippen LogP contribution in [0, 0.1) is 5.41 Å². The molecule has 0 aliphatic carbocycles. The molecule has 0 saturated heterocycles. The lowest BCUT2D eigenvalue weighted by Gasteiger charge is -2.30. The Morgan fingerprint density at radius 3 is 2.21 bits per heavy atom. The minimum Gasteiger partial charge on any atom is -0.427 e. The molecule has 1 rings (SSSR count). The van der Waals surface area contributed by atoms with Crippen molar-refractivity contribution < 1.29 is 4.43 Å². The van der Waals surface area contributed by atoms with Crippen LogP contribution in [0.2, 0.25) is 0 Å². The van der Waals surface area contributed by atoms with Gasteiger partial charge in [-0.05, 0) is 11.0 Å². The van der Waals surface area contributed by atoms with Gasteiger partial charge in [0.25, 0.3) is 0 Å². The second kappa shape index (κ2) is 4.76. The van der Waals surface area contributed by atoms with Gasteiger partial charge in [-0.2, -0.15) is 0 Å². The van der Waals surface area contributed by atoms with Gasteiger partial charge in [0.05, 0.1) is 0 Å². The van der Waals surface area contributed by atoms with Crippen LogP contribution in [0.3, 0.4) is 0 Å². The molecule has 1 atom stereocenters. The van der Waals surface area contributed by atoms with Crippen LogP contribution in [0.15, 0.2) is 30.3 Å². The van der Waals surface area contributed by atoms with Gasteiger partial charge in [0, 0.05) is 12.5 Å². The maximum Gasteiger partial charge on any atom is 0.145 e. The van der Waals surface area contributed by atoms with Crippen LogP contribution < -0.4 is 0 Å². The molecule has 0 aromatic heterocycles. The average molecular weight is 208 g/mol. The molecule has 1 unspecified atom stereocenters. The second-order valence-corrected chi connectivity index (χ2v) is 5.36. The summed E-state index contributed by atoms with van der Waals surface area (Å²) in [6, 6.07) is 10.6. The van der Waals surface area contributed by atoms with E-state index in [-0.39, 0.29) is 5.41 Å². The van der Waals surface area contributed by atoms with Crippen molar-refractivity contribution in [2.45, 2.75) is 26.7 Å². The van der Waals surface area contributed by atoms with Crippen LogP contribution in [-0.2, 0) is 4.43 Å². The van der Waals surface area contributed by atoms with Crippen LogP contribution >= 0.6 is 0 Å². The van der Waals surface area contributed by atoms with Crippen LogP contribution in [0.1, 0.15) is 32.3 Å². The fourth-order valence-corrected chi connectivity index (χ4v) is 2.03. The highest BCUT2D eigenvalue weighted by molar-refractivity contribution is 5.97. The van der Waals surface area contributed by atoms with Gasteiger partial charge in [0.15, 0.2) is 0 Å². The molecule has 1 aromatic carbocycles. The fourth-order valence-electron chi connectivity index (χ4n) is 1.70. The van der Waals surface area contributed by atoms with Gasteiger partial charge in [-0.25, -0.2) is 0 Å². The first-order valence-electron chi connectivity index (χ1n) is 5.09. The quantitative estimate of drug-likeness (QED) is 0.691. The van der Waals surface area contributed by atoms with Gasteiger partial charge >= 0.3 is 0 Å². The molecule has 78 valence electrons. The molecule has 0 N–H and O–H groups in total. The van der Waals surface area contributed by atoms with E-state index in [1.165, 1.54) is 5.56 Å². The van der Waals surface area contributed by atoms with Crippen molar-refractivity contribution in [2.75, 3.05) is 6.61 Å². The van der Waals surface area contributed by atoms with Gasteiger partial charge in [0.1, 0.15) is 10.5 Å². The van der Waals surface area contributed by atoms with E-state index in [9.17, 15) is 0 Å². The van der Waals surface area contributed by atoms with E-state index in [0.717, 1.165) is 17.1 Å². The summed E-state index contributed by atoms with van der Waals surface area (Å²) in [7, 11) is 0.822. The molecule has 1 nitrogen and oxygen atoms in total. The monoisotopic (exact) mass is 208 g/mol. The zero-order valence-electron chi connectivity index (χ0n) is 9.58. The Morgan fingerprint density at radius 1 is 1.21 bits per heavy atom. The smallest absolute Gasteiger partial charge is 0.145 e. The minimum atomic E-state index is 0.270. The Bertz CT molecular complexity index is 263. The summed E-state index contributed by atoms with van der Waals surface area (Å²) < 4.78 is 5.42. The molecule has 0 radical (unpaired) electrons. The van der Waals surface area contributed by atoms with Crippen molar-refractivity contribution in [3.05, 3.63) is 35.9 Å². The summed E-state index contributed by atoms with van der Waals surface area (Å²) in [6.45, 7) is 7.65. The first kappa shape index (κ1) is 11.5. The summed E-state index contributed by atoms with van der Waals surface area (Å²) >= 11 is 0. The molecule has 1 aromatic rings. The molecule has 0 aliphatic heterocycles. The Balaban J connectivity index is 2.89. The molecule has 2 heteroatoms. The Hall–Kier alpha value is -0.603. The largest absolute Gasteiger partial charge is 0.427 e. The van der Waals surface area contributed by atoms with Gasteiger partial charge in [0.2, 0.25) is 0 Å². The first-order valence-corrected chi connectivity index (χ1v) is 5.91. The van der Waals surface area contributed by atoms with E-state index in [2.05, 4.69) is 51.1 Å². The highest BCUT2D eigenvalue weighted by Crippen LogP contribution is 2.34. The SMILES string of the molecule is CC(C)(C)C(CO[SiH3])c1ccccc1. The maximum atomic E-state index is 5.42. The third-order valence-electron chi connectivity index (χ3n) is 2.58. The summed E-state index contributed by atoms with van der Waals surface area (Å²) in [5.74, 6) is 0.501. The van der Waals surface area contributed by atoms with Crippen molar-refractivity contribution in [3.8, 4) is 0 Å². The Kier molecular flexibility index (Phi) is 3.90. The third kappa shape index (κ3) is 2.96. The third-order valence-corrected chi connectivity index (χ3v) is 2.91. The van der Waals surface area contributed by atoms with Gasteiger partial charge in [-0.15, -0.1) is 0 Å². The zero-order valence-corrected chi connectivity index (χ0v) is 11.6. The number of hydrogen-bond donors (Lipinski definition) is 0. The minimum absolute atomic E-state index is 0.270. The number of benzene rings is 1. The summed E-state index contributed by atoms with van der Waals surface area (Å²) in [5.41, 5.74) is 1.65. The van der Waals surface area contributed by atoms with Crippen LogP contribution in [0.25, 0.3) is 0 Å². The summed E-state index contributed by atoms with van der Waals surface area (Å²) in [6.07, 6.45) is 0. The van der Waals surface area contributed by atoms with Gasteiger partial charge < -0.3 is 4.43 Å². The lowest BCUT2D eigenvalue weighted by molar-refractivity contribution is 0.215. The highest BCUT2D eigenvalue weighted by atomic mass is 28.2. The molecule has 0 bridgehead atoms. The number of hydrogen-bond acceptors (Lipinski definition) is 1. The van der Waals surface area contributed by atoms with E-state index in [0.29, 0.717) is 5.92 Å². The van der Waals surface area contributed by atoms with Crippen molar-refractivity contribution >= 4 is 10.5 Å². The molecule has 0 aliphatic rings. The second-order valence-electron chi connectivity index (χ2n) is 4.78. The maximum absolute atomic E-state index is 5.42. The van der Waals surface area contributed by atoms with Crippen LogP contribution in [0.5, 0.6) is 0 Å². The van der Waals surface area contributed by atoms with E-state index in [4.69, 9.17) is 4.43 Å². The van der Waals surface area contributed by atoms with Crippen LogP contribution in [0.4, 0.5) is 0 Å². The Morgan fingerprint density at radius 2 is 1.79 bits per heavy atom. The van der Waals surface area contributed by atoms with Gasteiger partial charge in [-0.3, -0.25) is 0 Å². The molecule has 0 heterocycles. The molecule has 0 spiro atoms.